The zero-order valence-electron chi connectivity index (χ0n) is 9.54. The molecule has 0 saturated heterocycles. The van der Waals surface area contributed by atoms with E-state index in [1.807, 2.05) is 19.9 Å². The fourth-order valence-corrected chi connectivity index (χ4v) is 3.66. The summed E-state index contributed by atoms with van der Waals surface area (Å²) in [5, 5.41) is 0.696. The fraction of sp³-hybridized carbons (Fsp3) is 0.500. The van der Waals surface area contributed by atoms with E-state index in [-0.39, 0.29) is 6.10 Å². The summed E-state index contributed by atoms with van der Waals surface area (Å²) >= 11 is 0. The molecule has 0 fully saturated rings. The Labute approximate surface area is 91.9 Å². The first-order valence-corrected chi connectivity index (χ1v) is 6.71. The van der Waals surface area contributed by atoms with Crippen molar-refractivity contribution in [2.45, 2.75) is 39.7 Å². The average molecular weight is 224 g/mol. The van der Waals surface area contributed by atoms with Crippen LogP contribution in [0.2, 0.25) is 0 Å². The molecule has 0 N–H and O–H groups in total. The summed E-state index contributed by atoms with van der Waals surface area (Å²) in [6.07, 6.45) is 3.70. The van der Waals surface area contributed by atoms with Gasteiger partial charge in [-0.2, -0.15) is 0 Å². The molecule has 1 rings (SSSR count). The molecule has 1 aliphatic heterocycles. The second kappa shape index (κ2) is 4.84. The van der Waals surface area contributed by atoms with Crippen LogP contribution in [0.1, 0.15) is 33.6 Å². The predicted octanol–water partition coefficient (Wildman–Crippen LogP) is 3.90. The highest BCUT2D eigenvalue weighted by atomic mass is 31.2. The van der Waals surface area contributed by atoms with Crippen LogP contribution in [-0.4, -0.2) is 6.10 Å². The first kappa shape index (κ1) is 12.3. The van der Waals surface area contributed by atoms with Gasteiger partial charge in [0.25, 0.3) is 0 Å². The van der Waals surface area contributed by atoms with E-state index in [9.17, 15) is 4.57 Å². The van der Waals surface area contributed by atoms with Crippen LogP contribution in [0.4, 0.5) is 0 Å². The van der Waals surface area contributed by atoms with E-state index in [0.29, 0.717) is 5.31 Å². The zero-order valence-corrected chi connectivity index (χ0v) is 10.4. The third-order valence-electron chi connectivity index (χ3n) is 2.25. The summed E-state index contributed by atoms with van der Waals surface area (Å²) in [5.41, 5.74) is 3.50. The topological polar surface area (TPSA) is 26.3 Å². The Bertz CT molecular complexity index is 396. The second-order valence-corrected chi connectivity index (χ2v) is 5.80. The molecule has 1 aliphatic rings. The average Bonchev–Trinajstić information content (AvgIpc) is 2.24. The van der Waals surface area contributed by atoms with E-state index in [0.717, 1.165) is 18.4 Å². The molecule has 1 heterocycles. The molecule has 0 amide bonds. The van der Waals surface area contributed by atoms with Gasteiger partial charge in [0, 0.05) is 5.31 Å². The molecule has 0 aliphatic carbocycles. The van der Waals surface area contributed by atoms with Crippen LogP contribution in [0.25, 0.3) is 0 Å². The van der Waals surface area contributed by atoms with E-state index in [4.69, 9.17) is 4.52 Å². The quantitative estimate of drug-likeness (QED) is 0.498. The summed E-state index contributed by atoms with van der Waals surface area (Å²) in [6, 6.07) is 0. The van der Waals surface area contributed by atoms with Crippen molar-refractivity contribution in [3.8, 4) is 11.6 Å². The van der Waals surface area contributed by atoms with Gasteiger partial charge in [0.1, 0.15) is 0 Å². The first-order chi connectivity index (χ1) is 6.99. The van der Waals surface area contributed by atoms with Gasteiger partial charge in [-0.05, 0) is 44.8 Å². The van der Waals surface area contributed by atoms with Crippen molar-refractivity contribution in [2.75, 3.05) is 0 Å². The van der Waals surface area contributed by atoms with Gasteiger partial charge in [0.05, 0.1) is 6.10 Å². The molecular formula is C12H17O2P. The number of hydrogen-bond donors (Lipinski definition) is 0. The molecule has 15 heavy (non-hydrogen) atoms. The minimum atomic E-state index is -2.98. The molecule has 0 aromatic carbocycles. The Morgan fingerprint density at radius 2 is 2.40 bits per heavy atom. The summed E-state index contributed by atoms with van der Waals surface area (Å²) in [6.45, 7) is 9.28. The van der Waals surface area contributed by atoms with Gasteiger partial charge in [-0.1, -0.05) is 18.6 Å². The highest BCUT2D eigenvalue weighted by molar-refractivity contribution is 7.68. The molecule has 0 bridgehead atoms. The molecule has 82 valence electrons. The summed E-state index contributed by atoms with van der Waals surface area (Å²) in [5.74, 6) is 2.69. The van der Waals surface area contributed by atoms with Crippen LogP contribution in [-0.2, 0) is 9.09 Å². The largest absolute Gasteiger partial charge is 0.313 e. The van der Waals surface area contributed by atoms with Gasteiger partial charge in [-0.3, -0.25) is 4.57 Å². The minimum Gasteiger partial charge on any atom is -0.313 e. The first-order valence-electron chi connectivity index (χ1n) is 5.08. The smallest absolute Gasteiger partial charge is 0.303 e. The Morgan fingerprint density at radius 3 is 2.93 bits per heavy atom. The standard InChI is InChI=1S/C12H17O2P/c1-5-9-15(13)12(10(2)3)8-6-7-11(4)14-15/h8,11H,2,6-7H2,1,3-4H3/t11-,15?/m0/s1. The van der Waals surface area contributed by atoms with E-state index in [1.54, 1.807) is 6.92 Å². The van der Waals surface area contributed by atoms with Crippen LogP contribution >= 0.6 is 7.37 Å². The van der Waals surface area contributed by atoms with E-state index in [1.165, 1.54) is 0 Å². The van der Waals surface area contributed by atoms with Gasteiger partial charge in [0.2, 0.25) is 0 Å². The lowest BCUT2D eigenvalue weighted by Gasteiger charge is -2.17. The predicted molar refractivity (Wildman–Crippen MR) is 63.7 cm³/mol. The highest BCUT2D eigenvalue weighted by Gasteiger charge is 2.31. The van der Waals surface area contributed by atoms with Crippen LogP contribution in [0.5, 0.6) is 0 Å². The van der Waals surface area contributed by atoms with Crippen molar-refractivity contribution in [2.24, 2.45) is 0 Å². The summed E-state index contributed by atoms with van der Waals surface area (Å²) in [4.78, 5) is 0. The Hall–Kier alpha value is -0.770. The summed E-state index contributed by atoms with van der Waals surface area (Å²) < 4.78 is 18.1. The zero-order chi connectivity index (χ0) is 11.5. The second-order valence-electron chi connectivity index (χ2n) is 3.78. The SMILES string of the molecule is C=C(C)C1=CCC[C@H](C)OP1(=O)C#CC. The Kier molecular flexibility index (Phi) is 3.97. The van der Waals surface area contributed by atoms with Crippen LogP contribution in [0.3, 0.4) is 0 Å². The van der Waals surface area contributed by atoms with Crippen molar-refractivity contribution in [1.82, 2.24) is 0 Å². The van der Waals surface area contributed by atoms with Crippen molar-refractivity contribution < 1.29 is 9.09 Å². The Balaban J connectivity index is 3.18. The van der Waals surface area contributed by atoms with Gasteiger partial charge >= 0.3 is 7.37 Å². The maximum absolute atomic E-state index is 12.5. The van der Waals surface area contributed by atoms with Gasteiger partial charge in [-0.15, -0.1) is 0 Å². The van der Waals surface area contributed by atoms with Gasteiger partial charge in [0.15, 0.2) is 0 Å². The molecule has 2 nitrogen and oxygen atoms in total. The van der Waals surface area contributed by atoms with Crippen LogP contribution < -0.4 is 0 Å². The highest BCUT2D eigenvalue weighted by Crippen LogP contribution is 2.59. The lowest BCUT2D eigenvalue weighted by molar-refractivity contribution is 0.225. The molecule has 1 unspecified atom stereocenters. The van der Waals surface area contributed by atoms with Gasteiger partial charge in [-0.25, -0.2) is 0 Å². The van der Waals surface area contributed by atoms with Crippen molar-refractivity contribution in [1.29, 1.82) is 0 Å². The normalized spacial score (nSPS) is 30.9. The van der Waals surface area contributed by atoms with Gasteiger partial charge < -0.3 is 4.52 Å². The number of rotatable bonds is 1. The molecule has 0 saturated carbocycles. The third kappa shape index (κ3) is 2.84. The minimum absolute atomic E-state index is 0.00946. The molecular weight excluding hydrogens is 207 g/mol. The fourth-order valence-electron chi connectivity index (χ4n) is 1.60. The molecule has 2 atom stereocenters. The molecule has 0 aromatic heterocycles. The lowest BCUT2D eigenvalue weighted by Crippen LogP contribution is -2.03. The van der Waals surface area contributed by atoms with E-state index in [2.05, 4.69) is 18.2 Å². The lowest BCUT2D eigenvalue weighted by atomic mass is 10.2. The molecule has 0 aromatic rings. The molecule has 0 spiro atoms. The number of allylic oxidation sites excluding steroid dienone is 3. The van der Waals surface area contributed by atoms with Crippen molar-refractivity contribution in [3.63, 3.8) is 0 Å². The maximum Gasteiger partial charge on any atom is 0.303 e. The van der Waals surface area contributed by atoms with E-state index < -0.39 is 7.37 Å². The third-order valence-corrected chi connectivity index (χ3v) is 4.63. The van der Waals surface area contributed by atoms with Crippen molar-refractivity contribution >= 4 is 7.37 Å². The molecule has 3 heteroatoms. The summed E-state index contributed by atoms with van der Waals surface area (Å²) in [7, 11) is -2.98. The molecule has 0 radical (unpaired) electrons. The van der Waals surface area contributed by atoms with Crippen LogP contribution in [0.15, 0.2) is 23.5 Å². The maximum atomic E-state index is 12.5. The Morgan fingerprint density at radius 1 is 1.73 bits per heavy atom. The monoisotopic (exact) mass is 224 g/mol. The number of hydrogen-bond acceptors (Lipinski definition) is 2. The van der Waals surface area contributed by atoms with Crippen molar-refractivity contribution in [3.05, 3.63) is 23.5 Å². The van der Waals surface area contributed by atoms with E-state index >= 15 is 0 Å². The van der Waals surface area contributed by atoms with Crippen LogP contribution in [0, 0.1) is 11.6 Å².